The van der Waals surface area contributed by atoms with Crippen LogP contribution in [0, 0.1) is 13.8 Å². The lowest BCUT2D eigenvalue weighted by molar-refractivity contribution is 0.239. The Morgan fingerprint density at radius 1 is 1.19 bits per heavy atom. The summed E-state index contributed by atoms with van der Waals surface area (Å²) < 4.78 is 0. The molecule has 1 aliphatic carbocycles. The number of nitrogens with one attached hydrogen (secondary N) is 1. The first-order valence-corrected chi connectivity index (χ1v) is 10.0. The Hall–Kier alpha value is -1.94. The molecule has 2 heterocycles. The highest BCUT2D eigenvalue weighted by Crippen LogP contribution is 2.31. The van der Waals surface area contributed by atoms with E-state index in [1.54, 1.807) is 0 Å². The Balaban J connectivity index is 1.56. The lowest BCUT2D eigenvalue weighted by Gasteiger charge is -2.29. The minimum absolute atomic E-state index is 0.0990. The highest BCUT2D eigenvalue weighted by molar-refractivity contribution is 5.31. The average molecular weight is 351 g/mol. The van der Waals surface area contributed by atoms with Crippen molar-refractivity contribution < 1.29 is 0 Å². The summed E-state index contributed by atoms with van der Waals surface area (Å²) in [7, 11) is 0. The van der Waals surface area contributed by atoms with E-state index in [0.717, 1.165) is 56.0 Å². The molecule has 1 aromatic carbocycles. The zero-order valence-electron chi connectivity index (χ0n) is 16.0. The van der Waals surface area contributed by atoms with Gasteiger partial charge < -0.3 is 4.98 Å². The fourth-order valence-corrected chi connectivity index (χ4v) is 4.43. The molecule has 0 atom stereocenters. The van der Waals surface area contributed by atoms with Gasteiger partial charge in [-0.1, -0.05) is 43.0 Å². The Morgan fingerprint density at radius 3 is 2.81 bits per heavy atom. The molecular weight excluding hydrogens is 322 g/mol. The van der Waals surface area contributed by atoms with Crippen molar-refractivity contribution in [3.8, 4) is 0 Å². The molecule has 1 N–H and O–H groups in total. The van der Waals surface area contributed by atoms with E-state index in [-0.39, 0.29) is 5.56 Å². The smallest absolute Gasteiger partial charge is 0.254 e. The highest BCUT2D eigenvalue weighted by atomic mass is 16.1. The van der Waals surface area contributed by atoms with Crippen molar-refractivity contribution in [2.45, 2.75) is 71.4 Å². The highest BCUT2D eigenvalue weighted by Gasteiger charge is 2.24. The number of H-pyrrole nitrogens is 1. The molecule has 0 saturated heterocycles. The van der Waals surface area contributed by atoms with Crippen LogP contribution in [-0.2, 0) is 19.5 Å². The van der Waals surface area contributed by atoms with Gasteiger partial charge in [0.25, 0.3) is 5.56 Å². The summed E-state index contributed by atoms with van der Waals surface area (Å²) in [6.07, 6.45) is 6.94. The van der Waals surface area contributed by atoms with E-state index in [9.17, 15) is 4.79 Å². The number of aromatic amines is 1. The van der Waals surface area contributed by atoms with Crippen LogP contribution in [-0.4, -0.2) is 21.4 Å². The molecule has 26 heavy (non-hydrogen) atoms. The van der Waals surface area contributed by atoms with E-state index in [1.807, 2.05) is 0 Å². The molecule has 1 aliphatic heterocycles. The van der Waals surface area contributed by atoms with Crippen molar-refractivity contribution in [3.63, 3.8) is 0 Å². The zero-order chi connectivity index (χ0) is 18.1. The Labute approximate surface area is 155 Å². The normalized spacial score (nSPS) is 18.7. The van der Waals surface area contributed by atoms with Crippen LogP contribution in [0.3, 0.4) is 0 Å². The van der Waals surface area contributed by atoms with Gasteiger partial charge in [0.05, 0.1) is 5.69 Å². The number of hydrogen-bond acceptors (Lipinski definition) is 3. The lowest BCUT2D eigenvalue weighted by atomic mass is 9.88. The van der Waals surface area contributed by atoms with Crippen molar-refractivity contribution in [2.75, 3.05) is 6.54 Å². The molecule has 4 rings (SSSR count). The number of aryl methyl sites for hydroxylation is 2. The topological polar surface area (TPSA) is 49.0 Å². The first kappa shape index (κ1) is 17.5. The van der Waals surface area contributed by atoms with Gasteiger partial charge in [0.1, 0.15) is 5.82 Å². The monoisotopic (exact) mass is 351 g/mol. The molecular formula is C22H29N3O. The zero-order valence-corrected chi connectivity index (χ0v) is 16.0. The SMILES string of the molecule is Cc1ccc(C)c(CN2CCc3c(nc(C4CCCCC4)[nH]c3=O)C2)c1. The third kappa shape index (κ3) is 3.61. The number of fused-ring (bicyclic) bond motifs is 1. The molecule has 0 radical (unpaired) electrons. The van der Waals surface area contributed by atoms with Crippen LogP contribution in [0.4, 0.5) is 0 Å². The number of hydrogen-bond donors (Lipinski definition) is 1. The maximum absolute atomic E-state index is 12.6. The van der Waals surface area contributed by atoms with Gasteiger partial charge in [0, 0.05) is 31.1 Å². The largest absolute Gasteiger partial charge is 0.310 e. The molecule has 0 bridgehead atoms. The van der Waals surface area contributed by atoms with Crippen LogP contribution in [0.25, 0.3) is 0 Å². The lowest BCUT2D eigenvalue weighted by Crippen LogP contribution is -2.36. The number of rotatable bonds is 3. The Kier molecular flexibility index (Phi) is 4.94. The summed E-state index contributed by atoms with van der Waals surface area (Å²) in [5.41, 5.74) is 6.03. The Bertz CT molecular complexity index is 849. The molecule has 4 heteroatoms. The van der Waals surface area contributed by atoms with E-state index in [1.165, 1.54) is 36.0 Å². The van der Waals surface area contributed by atoms with Crippen LogP contribution in [0.2, 0.25) is 0 Å². The maximum Gasteiger partial charge on any atom is 0.254 e. The van der Waals surface area contributed by atoms with E-state index in [0.29, 0.717) is 5.92 Å². The van der Waals surface area contributed by atoms with Gasteiger partial charge in [0.2, 0.25) is 0 Å². The fourth-order valence-electron chi connectivity index (χ4n) is 4.43. The second-order valence-corrected chi connectivity index (χ2v) is 8.10. The molecule has 0 amide bonds. The van der Waals surface area contributed by atoms with Crippen LogP contribution < -0.4 is 5.56 Å². The number of benzene rings is 1. The molecule has 1 aromatic heterocycles. The summed E-state index contributed by atoms with van der Waals surface area (Å²) in [5, 5.41) is 0. The summed E-state index contributed by atoms with van der Waals surface area (Å²) in [4.78, 5) is 23.0. The summed E-state index contributed by atoms with van der Waals surface area (Å²) >= 11 is 0. The summed E-state index contributed by atoms with van der Waals surface area (Å²) in [5.74, 6) is 1.37. The van der Waals surface area contributed by atoms with Gasteiger partial charge in [0.15, 0.2) is 0 Å². The molecule has 2 aliphatic rings. The molecule has 0 unspecified atom stereocenters. The quantitative estimate of drug-likeness (QED) is 0.909. The molecule has 0 spiro atoms. The Morgan fingerprint density at radius 2 is 2.00 bits per heavy atom. The standard InChI is InChI=1S/C22H29N3O/c1-15-8-9-16(2)18(12-15)13-25-11-10-19-20(14-25)23-21(24-22(19)26)17-6-4-3-5-7-17/h8-9,12,17H,3-7,10-11,13-14H2,1-2H3,(H,23,24,26). The molecule has 4 nitrogen and oxygen atoms in total. The minimum atomic E-state index is 0.0990. The van der Waals surface area contributed by atoms with Crippen molar-refractivity contribution in [1.29, 1.82) is 0 Å². The van der Waals surface area contributed by atoms with Crippen LogP contribution in [0.1, 0.15) is 71.8 Å². The van der Waals surface area contributed by atoms with Crippen molar-refractivity contribution in [1.82, 2.24) is 14.9 Å². The second kappa shape index (κ2) is 7.36. The maximum atomic E-state index is 12.6. The van der Waals surface area contributed by atoms with E-state index < -0.39 is 0 Å². The van der Waals surface area contributed by atoms with Crippen LogP contribution in [0.15, 0.2) is 23.0 Å². The fraction of sp³-hybridized carbons (Fsp3) is 0.545. The van der Waals surface area contributed by atoms with Gasteiger partial charge >= 0.3 is 0 Å². The van der Waals surface area contributed by atoms with Gasteiger partial charge in [-0.2, -0.15) is 0 Å². The molecule has 2 aromatic rings. The molecule has 1 saturated carbocycles. The van der Waals surface area contributed by atoms with Crippen molar-refractivity contribution in [2.24, 2.45) is 0 Å². The number of aromatic nitrogens is 2. The number of nitrogens with zero attached hydrogens (tertiary/aromatic N) is 2. The van der Waals surface area contributed by atoms with Gasteiger partial charge in [-0.3, -0.25) is 9.69 Å². The van der Waals surface area contributed by atoms with Crippen molar-refractivity contribution in [3.05, 3.63) is 62.3 Å². The second-order valence-electron chi connectivity index (χ2n) is 8.10. The van der Waals surface area contributed by atoms with E-state index in [2.05, 4.69) is 41.9 Å². The third-order valence-corrected chi connectivity index (χ3v) is 6.06. The van der Waals surface area contributed by atoms with Gasteiger partial charge in [-0.15, -0.1) is 0 Å². The predicted octanol–water partition coefficient (Wildman–Crippen LogP) is 3.99. The van der Waals surface area contributed by atoms with Crippen LogP contribution >= 0.6 is 0 Å². The summed E-state index contributed by atoms with van der Waals surface area (Å²) in [6.45, 7) is 6.96. The van der Waals surface area contributed by atoms with Gasteiger partial charge in [-0.25, -0.2) is 4.98 Å². The third-order valence-electron chi connectivity index (χ3n) is 6.06. The first-order chi connectivity index (χ1) is 12.6. The molecule has 1 fully saturated rings. The van der Waals surface area contributed by atoms with Crippen molar-refractivity contribution >= 4 is 0 Å². The van der Waals surface area contributed by atoms with Gasteiger partial charge in [-0.05, 0) is 44.2 Å². The first-order valence-electron chi connectivity index (χ1n) is 10.0. The minimum Gasteiger partial charge on any atom is -0.310 e. The van der Waals surface area contributed by atoms with E-state index in [4.69, 9.17) is 4.98 Å². The summed E-state index contributed by atoms with van der Waals surface area (Å²) in [6, 6.07) is 6.65. The van der Waals surface area contributed by atoms with Crippen LogP contribution in [0.5, 0.6) is 0 Å². The predicted molar refractivity (Wildman–Crippen MR) is 104 cm³/mol. The average Bonchev–Trinajstić information content (AvgIpc) is 2.65. The molecule has 138 valence electrons. The van der Waals surface area contributed by atoms with E-state index >= 15 is 0 Å².